The van der Waals surface area contributed by atoms with Gasteiger partial charge in [-0.05, 0) is 25.8 Å². The molecule has 1 N–H and O–H groups in total. The minimum absolute atomic E-state index is 0.00259. The predicted octanol–water partition coefficient (Wildman–Crippen LogP) is 2.52. The fourth-order valence-corrected chi connectivity index (χ4v) is 4.86. The Morgan fingerprint density at radius 1 is 1.23 bits per heavy atom. The van der Waals surface area contributed by atoms with Crippen molar-refractivity contribution in [3.8, 4) is 0 Å². The van der Waals surface area contributed by atoms with Gasteiger partial charge in [0.05, 0.1) is 11.9 Å². The first-order chi connectivity index (χ1) is 12.4. The van der Waals surface area contributed by atoms with Crippen molar-refractivity contribution < 1.29 is 9.59 Å². The third kappa shape index (κ3) is 3.50. The lowest BCUT2D eigenvalue weighted by Crippen LogP contribution is -2.33. The molecule has 26 heavy (non-hydrogen) atoms. The van der Waals surface area contributed by atoms with Crippen LogP contribution in [0, 0.1) is 13.8 Å². The van der Waals surface area contributed by atoms with E-state index in [-0.39, 0.29) is 24.0 Å². The molecule has 0 bridgehead atoms. The molecule has 0 spiro atoms. The zero-order chi connectivity index (χ0) is 18.8. The first-order valence-corrected chi connectivity index (χ1v) is 10.5. The highest BCUT2D eigenvalue weighted by Gasteiger charge is 2.28. The van der Waals surface area contributed by atoms with Crippen LogP contribution in [0.3, 0.4) is 0 Å². The molecule has 0 aliphatic carbocycles. The lowest BCUT2D eigenvalue weighted by atomic mass is 10.2. The molecule has 3 heterocycles. The van der Waals surface area contributed by atoms with Gasteiger partial charge < -0.3 is 5.32 Å². The van der Waals surface area contributed by atoms with Crippen LogP contribution in [0.5, 0.6) is 0 Å². The molecule has 140 valence electrons. The lowest BCUT2D eigenvalue weighted by molar-refractivity contribution is -0.124. The number of imide groups is 1. The zero-order valence-corrected chi connectivity index (χ0v) is 16.8. The summed E-state index contributed by atoms with van der Waals surface area (Å²) in [4.78, 5) is 44.1. The van der Waals surface area contributed by atoms with E-state index in [0.29, 0.717) is 29.4 Å². The second-order valence-corrected chi connectivity index (χ2v) is 8.49. The van der Waals surface area contributed by atoms with E-state index in [0.717, 1.165) is 28.1 Å². The third-order valence-corrected chi connectivity index (χ3v) is 6.53. The fraction of sp³-hybridized carbons (Fsp3) is 0.529. The van der Waals surface area contributed by atoms with Crippen LogP contribution in [-0.2, 0) is 11.3 Å². The van der Waals surface area contributed by atoms with Crippen molar-refractivity contribution in [1.82, 2.24) is 19.8 Å². The number of unbranched alkanes of at least 4 members (excludes halogenated alkanes) is 1. The molecular formula is C17H22N4O3S2. The summed E-state index contributed by atoms with van der Waals surface area (Å²) in [6.07, 6.45) is 1.88. The molecule has 3 amide bonds. The van der Waals surface area contributed by atoms with Crippen molar-refractivity contribution >= 4 is 45.3 Å². The maximum Gasteiger partial charge on any atom is 0.324 e. The number of carbonyl (C=O) groups excluding carboxylic acids is 2. The van der Waals surface area contributed by atoms with Crippen LogP contribution in [0.15, 0.2) is 9.95 Å². The number of nitrogens with one attached hydrogen (secondary N) is 1. The Morgan fingerprint density at radius 2 is 2.00 bits per heavy atom. The maximum absolute atomic E-state index is 13.0. The van der Waals surface area contributed by atoms with Crippen LogP contribution in [0.2, 0.25) is 0 Å². The normalized spacial score (nSPS) is 14.5. The lowest BCUT2D eigenvalue weighted by Gasteiger charge is -2.14. The van der Waals surface area contributed by atoms with E-state index in [2.05, 4.69) is 12.2 Å². The molecule has 3 rings (SSSR count). The van der Waals surface area contributed by atoms with E-state index < -0.39 is 0 Å². The number of fused-ring (bicyclic) bond motifs is 1. The average Bonchev–Trinajstić information content (AvgIpc) is 3.07. The smallest absolute Gasteiger partial charge is 0.324 e. The number of thioether (sulfide) groups is 1. The van der Waals surface area contributed by atoms with Gasteiger partial charge in [0.25, 0.3) is 5.56 Å². The minimum atomic E-state index is -0.355. The standard InChI is InChI=1S/C17H22N4O3S2/c1-4-5-6-21-15(23)13-10(2)11(3)26-14(13)19-17(21)25-8-7-20-12(22)9-18-16(20)24/h4-9H2,1-3H3,(H,18,24). The Balaban J connectivity index is 1.87. The molecule has 9 heteroatoms. The topological polar surface area (TPSA) is 84.3 Å². The number of hydrogen-bond acceptors (Lipinski definition) is 6. The summed E-state index contributed by atoms with van der Waals surface area (Å²) in [5.41, 5.74) is 1.01. The van der Waals surface area contributed by atoms with E-state index in [4.69, 9.17) is 4.98 Å². The summed E-state index contributed by atoms with van der Waals surface area (Å²) < 4.78 is 1.74. The van der Waals surface area contributed by atoms with Crippen molar-refractivity contribution in [3.05, 3.63) is 20.8 Å². The minimum Gasteiger partial charge on any atom is -0.329 e. The highest BCUT2D eigenvalue weighted by molar-refractivity contribution is 7.99. The molecule has 2 aromatic heterocycles. The molecule has 1 saturated heterocycles. The van der Waals surface area contributed by atoms with E-state index >= 15 is 0 Å². The number of urea groups is 1. The van der Waals surface area contributed by atoms with Gasteiger partial charge in [-0.3, -0.25) is 19.1 Å². The van der Waals surface area contributed by atoms with Gasteiger partial charge in [0.15, 0.2) is 5.16 Å². The number of amides is 3. The summed E-state index contributed by atoms with van der Waals surface area (Å²) in [6, 6.07) is -0.355. The Kier molecular flexibility index (Phi) is 5.67. The predicted molar refractivity (Wildman–Crippen MR) is 104 cm³/mol. The monoisotopic (exact) mass is 394 g/mol. The van der Waals surface area contributed by atoms with Gasteiger partial charge in [0.2, 0.25) is 5.91 Å². The fourth-order valence-electron chi connectivity index (χ4n) is 2.84. The Labute approximate surface area is 159 Å². The number of rotatable bonds is 7. The number of aryl methyl sites for hydroxylation is 2. The van der Waals surface area contributed by atoms with Gasteiger partial charge in [0.1, 0.15) is 4.83 Å². The van der Waals surface area contributed by atoms with Crippen molar-refractivity contribution in [3.63, 3.8) is 0 Å². The Hall–Kier alpha value is -1.87. The first kappa shape index (κ1) is 18.9. The molecule has 0 atom stereocenters. The van der Waals surface area contributed by atoms with Gasteiger partial charge in [-0.2, -0.15) is 0 Å². The van der Waals surface area contributed by atoms with E-state index in [9.17, 15) is 14.4 Å². The van der Waals surface area contributed by atoms with Crippen molar-refractivity contribution in [1.29, 1.82) is 0 Å². The van der Waals surface area contributed by atoms with Gasteiger partial charge in [0, 0.05) is 23.7 Å². The zero-order valence-electron chi connectivity index (χ0n) is 15.1. The Bertz CT molecular complexity index is 903. The van der Waals surface area contributed by atoms with Gasteiger partial charge >= 0.3 is 6.03 Å². The summed E-state index contributed by atoms with van der Waals surface area (Å²) >= 11 is 2.95. The third-order valence-electron chi connectivity index (χ3n) is 4.47. The summed E-state index contributed by atoms with van der Waals surface area (Å²) in [6.45, 7) is 7.04. The van der Waals surface area contributed by atoms with Crippen molar-refractivity contribution in [2.75, 3.05) is 18.8 Å². The second-order valence-electron chi connectivity index (χ2n) is 6.22. The largest absolute Gasteiger partial charge is 0.329 e. The SMILES string of the molecule is CCCCn1c(SCCN2C(=O)CNC2=O)nc2sc(C)c(C)c2c1=O. The molecule has 0 saturated carbocycles. The number of hydrogen-bond donors (Lipinski definition) is 1. The van der Waals surface area contributed by atoms with E-state index in [1.807, 2.05) is 13.8 Å². The van der Waals surface area contributed by atoms with E-state index in [1.165, 1.54) is 28.0 Å². The summed E-state index contributed by atoms with van der Waals surface area (Å²) in [5, 5.41) is 3.88. The van der Waals surface area contributed by atoms with Crippen LogP contribution < -0.4 is 10.9 Å². The van der Waals surface area contributed by atoms with Gasteiger partial charge in [-0.25, -0.2) is 9.78 Å². The molecule has 0 unspecified atom stereocenters. The molecule has 1 fully saturated rings. The van der Waals surface area contributed by atoms with Crippen LogP contribution in [0.25, 0.3) is 10.2 Å². The number of thiophene rings is 1. The highest BCUT2D eigenvalue weighted by atomic mass is 32.2. The average molecular weight is 395 g/mol. The second kappa shape index (κ2) is 7.79. The summed E-state index contributed by atoms with van der Waals surface area (Å²) in [5.74, 6) is 0.291. The van der Waals surface area contributed by atoms with Crippen LogP contribution >= 0.6 is 23.1 Å². The first-order valence-electron chi connectivity index (χ1n) is 8.65. The molecule has 7 nitrogen and oxygen atoms in total. The van der Waals surface area contributed by atoms with Crippen molar-refractivity contribution in [2.45, 2.75) is 45.3 Å². The van der Waals surface area contributed by atoms with Crippen LogP contribution in [0.1, 0.15) is 30.2 Å². The van der Waals surface area contributed by atoms with Gasteiger partial charge in [-0.1, -0.05) is 25.1 Å². The highest BCUT2D eigenvalue weighted by Crippen LogP contribution is 2.28. The molecule has 0 aromatic carbocycles. The van der Waals surface area contributed by atoms with Crippen LogP contribution in [-0.4, -0.2) is 45.2 Å². The number of nitrogens with zero attached hydrogens (tertiary/aromatic N) is 3. The molecule has 1 aliphatic heterocycles. The maximum atomic E-state index is 13.0. The molecular weight excluding hydrogens is 372 g/mol. The molecule has 0 radical (unpaired) electrons. The summed E-state index contributed by atoms with van der Waals surface area (Å²) in [7, 11) is 0. The number of aromatic nitrogens is 2. The molecule has 2 aromatic rings. The van der Waals surface area contributed by atoms with Gasteiger partial charge in [-0.15, -0.1) is 11.3 Å². The van der Waals surface area contributed by atoms with E-state index in [1.54, 1.807) is 4.57 Å². The Morgan fingerprint density at radius 3 is 2.65 bits per heavy atom. The van der Waals surface area contributed by atoms with Crippen molar-refractivity contribution in [2.24, 2.45) is 0 Å². The molecule has 1 aliphatic rings. The number of carbonyl (C=O) groups is 2. The van der Waals surface area contributed by atoms with Crippen LogP contribution in [0.4, 0.5) is 4.79 Å². The quantitative estimate of drug-likeness (QED) is 0.443.